The maximum absolute atomic E-state index is 12.6. The molecule has 8 nitrogen and oxygen atoms in total. The second-order valence-electron chi connectivity index (χ2n) is 13.2. The number of phosphoric ester groups is 1. The molecule has 0 bridgehead atoms. The van der Waals surface area contributed by atoms with Crippen LogP contribution in [-0.2, 0) is 18.4 Å². The smallest absolute Gasteiger partial charge is 0.268 e. The second kappa shape index (κ2) is 28.2. The lowest BCUT2D eigenvalue weighted by atomic mass is 10.0. The highest BCUT2D eigenvalue weighted by molar-refractivity contribution is 7.45. The highest BCUT2D eigenvalue weighted by Gasteiger charge is 2.24. The van der Waals surface area contributed by atoms with Crippen molar-refractivity contribution < 1.29 is 32.9 Å². The molecule has 9 heteroatoms. The molecule has 0 rings (SSSR count). The van der Waals surface area contributed by atoms with E-state index in [-0.39, 0.29) is 19.1 Å². The summed E-state index contributed by atoms with van der Waals surface area (Å²) in [4.78, 5) is 24.9. The van der Waals surface area contributed by atoms with Gasteiger partial charge in [-0.15, -0.1) is 0 Å². The summed E-state index contributed by atoms with van der Waals surface area (Å²) in [5.74, 6) is -0.184. The van der Waals surface area contributed by atoms with Crippen LogP contribution in [0.2, 0.25) is 0 Å². The van der Waals surface area contributed by atoms with E-state index in [2.05, 4.69) is 43.5 Å². The molecule has 1 amide bonds. The first kappa shape index (κ1) is 43.0. The van der Waals surface area contributed by atoms with Crippen molar-refractivity contribution in [1.82, 2.24) is 5.32 Å². The molecule has 0 aromatic heterocycles. The maximum Gasteiger partial charge on any atom is 0.268 e. The van der Waals surface area contributed by atoms with E-state index in [9.17, 15) is 19.4 Å². The van der Waals surface area contributed by atoms with Crippen LogP contribution in [0.3, 0.4) is 0 Å². The van der Waals surface area contributed by atoms with Gasteiger partial charge in [0, 0.05) is 6.42 Å². The van der Waals surface area contributed by atoms with Gasteiger partial charge in [-0.3, -0.25) is 9.36 Å². The van der Waals surface area contributed by atoms with Crippen LogP contribution >= 0.6 is 7.82 Å². The second-order valence-corrected chi connectivity index (χ2v) is 14.6. The minimum absolute atomic E-state index is 0.00902. The quantitative estimate of drug-likeness (QED) is 0.0343. The Morgan fingerprint density at radius 2 is 1.32 bits per heavy atom. The number of allylic oxidation sites excluding steroid dienone is 4. The Bertz CT molecular complexity index is 784. The molecule has 0 aliphatic heterocycles. The van der Waals surface area contributed by atoms with Crippen molar-refractivity contribution in [2.75, 3.05) is 40.9 Å². The Balaban J connectivity index is 4.21. The number of aliphatic hydroxyl groups is 1. The van der Waals surface area contributed by atoms with Crippen LogP contribution in [0, 0.1) is 0 Å². The predicted molar refractivity (Wildman–Crippen MR) is 182 cm³/mol. The third-order valence-electron chi connectivity index (χ3n) is 7.69. The van der Waals surface area contributed by atoms with Crippen molar-refractivity contribution in [1.29, 1.82) is 0 Å². The molecule has 0 aromatic rings. The van der Waals surface area contributed by atoms with E-state index in [1.54, 1.807) is 0 Å². The van der Waals surface area contributed by atoms with Crippen LogP contribution < -0.4 is 10.2 Å². The van der Waals surface area contributed by atoms with Crippen molar-refractivity contribution in [3.05, 3.63) is 24.3 Å². The fraction of sp³-hybridized carbons (Fsp3) is 0.857. The normalized spacial score (nSPS) is 15.2. The van der Waals surface area contributed by atoms with Crippen molar-refractivity contribution in [3.63, 3.8) is 0 Å². The van der Waals surface area contributed by atoms with Gasteiger partial charge in [-0.25, -0.2) is 0 Å². The zero-order valence-corrected chi connectivity index (χ0v) is 30.0. The number of hydrogen-bond donors (Lipinski definition) is 2. The van der Waals surface area contributed by atoms with E-state index in [1.165, 1.54) is 57.8 Å². The van der Waals surface area contributed by atoms with Gasteiger partial charge in [0.1, 0.15) is 13.2 Å². The Kier molecular flexibility index (Phi) is 27.6. The van der Waals surface area contributed by atoms with Gasteiger partial charge in [0.2, 0.25) is 5.91 Å². The average molecular weight is 645 g/mol. The summed E-state index contributed by atoms with van der Waals surface area (Å²) in [5, 5.41) is 13.6. The third-order valence-corrected chi connectivity index (χ3v) is 8.66. The molecule has 2 N–H and O–H groups in total. The Morgan fingerprint density at radius 3 is 1.89 bits per heavy atom. The van der Waals surface area contributed by atoms with Crippen LogP contribution in [-0.4, -0.2) is 68.5 Å². The number of quaternary nitrogens is 1. The van der Waals surface area contributed by atoms with E-state index in [4.69, 9.17) is 9.05 Å². The number of phosphoric acid groups is 1. The van der Waals surface area contributed by atoms with Gasteiger partial charge < -0.3 is 28.8 Å². The highest BCUT2D eigenvalue weighted by Crippen LogP contribution is 2.38. The van der Waals surface area contributed by atoms with Crippen molar-refractivity contribution in [2.24, 2.45) is 0 Å². The summed E-state index contributed by atoms with van der Waals surface area (Å²) >= 11 is 0. The van der Waals surface area contributed by atoms with Gasteiger partial charge in [0.25, 0.3) is 7.82 Å². The molecular weight excluding hydrogens is 575 g/mol. The number of carbonyl (C=O) groups is 1. The lowest BCUT2D eigenvalue weighted by molar-refractivity contribution is -0.870. The molecule has 0 aromatic carbocycles. The Morgan fingerprint density at radius 1 is 0.795 bits per heavy atom. The summed E-state index contributed by atoms with van der Waals surface area (Å²) in [7, 11) is 1.29. The fourth-order valence-electron chi connectivity index (χ4n) is 4.77. The molecule has 0 aliphatic rings. The van der Waals surface area contributed by atoms with Crippen molar-refractivity contribution in [3.8, 4) is 0 Å². The summed E-state index contributed by atoms with van der Waals surface area (Å²) < 4.78 is 22.9. The molecular formula is C35H69N2O6P. The molecule has 260 valence electrons. The first-order chi connectivity index (χ1) is 21.0. The third kappa shape index (κ3) is 29.7. The van der Waals surface area contributed by atoms with Crippen LogP contribution in [0.4, 0.5) is 0 Å². The Labute approximate surface area is 271 Å². The van der Waals surface area contributed by atoms with Gasteiger partial charge in [0.05, 0.1) is 39.9 Å². The predicted octanol–water partition coefficient (Wildman–Crippen LogP) is 7.99. The van der Waals surface area contributed by atoms with E-state index in [0.29, 0.717) is 23.9 Å². The number of likely N-dealkylation sites (N-methyl/N-ethyl adjacent to an activating group) is 1. The van der Waals surface area contributed by atoms with Gasteiger partial charge >= 0.3 is 0 Å². The molecule has 3 atom stereocenters. The fourth-order valence-corrected chi connectivity index (χ4v) is 5.49. The number of aliphatic hydroxyl groups excluding tert-OH is 1. The van der Waals surface area contributed by atoms with Crippen LogP contribution in [0.25, 0.3) is 0 Å². The SMILES string of the molecule is CCCCCC/C=C\C/C=C\CCCCCCCCCC(=O)NC(COP(=O)([O-])OCC[N+](C)(C)C)C(O)CCCCCC. The average Bonchev–Trinajstić information content (AvgIpc) is 2.96. The van der Waals surface area contributed by atoms with Gasteiger partial charge in [0.15, 0.2) is 0 Å². The number of nitrogens with zero attached hydrogens (tertiary/aromatic N) is 1. The number of hydrogen-bond acceptors (Lipinski definition) is 6. The lowest BCUT2D eigenvalue weighted by Gasteiger charge is -2.30. The number of rotatable bonds is 31. The zero-order chi connectivity index (χ0) is 32.9. The van der Waals surface area contributed by atoms with Crippen LogP contribution in [0.1, 0.15) is 142 Å². The van der Waals surface area contributed by atoms with E-state index in [0.717, 1.165) is 57.8 Å². The monoisotopic (exact) mass is 644 g/mol. The molecule has 0 heterocycles. The van der Waals surface area contributed by atoms with Gasteiger partial charge in [-0.05, 0) is 44.9 Å². The van der Waals surface area contributed by atoms with Crippen molar-refractivity contribution >= 4 is 13.7 Å². The molecule has 0 radical (unpaired) electrons. The molecule has 0 saturated heterocycles. The first-order valence-electron chi connectivity index (χ1n) is 17.7. The molecule has 0 aliphatic carbocycles. The minimum atomic E-state index is -4.54. The molecule has 0 spiro atoms. The summed E-state index contributed by atoms with van der Waals surface area (Å²) in [6.45, 7) is 4.54. The number of amides is 1. The van der Waals surface area contributed by atoms with Crippen LogP contribution in [0.15, 0.2) is 24.3 Å². The highest BCUT2D eigenvalue weighted by atomic mass is 31.2. The minimum Gasteiger partial charge on any atom is -0.756 e. The number of nitrogens with one attached hydrogen (secondary N) is 1. The van der Waals surface area contributed by atoms with E-state index in [1.807, 2.05) is 21.1 Å². The summed E-state index contributed by atoms with van der Waals surface area (Å²) in [6.07, 6.45) is 29.4. The molecule has 3 unspecified atom stereocenters. The topological polar surface area (TPSA) is 108 Å². The maximum atomic E-state index is 12.6. The summed E-state index contributed by atoms with van der Waals surface area (Å²) in [6, 6.07) is -0.797. The van der Waals surface area contributed by atoms with E-state index >= 15 is 0 Å². The number of unbranched alkanes of at least 4 members (excludes halogenated alkanes) is 14. The molecule has 0 saturated carbocycles. The number of carbonyl (C=O) groups excluding carboxylic acids is 1. The van der Waals surface area contributed by atoms with Crippen LogP contribution in [0.5, 0.6) is 0 Å². The zero-order valence-electron chi connectivity index (χ0n) is 29.1. The summed E-state index contributed by atoms with van der Waals surface area (Å²) in [5.41, 5.74) is 0. The standard InChI is InChI=1S/C35H69N2O6P/c1-6-8-10-12-13-14-15-16-17-18-19-20-21-22-23-24-25-27-29-35(39)36-33(34(38)28-26-11-9-7-2)32-43-44(40,41)42-31-30-37(3,4)5/h14-15,17-18,33-34,38H,6-13,16,19-32H2,1-5H3,(H-,36,39,40,41)/b15-14-,18-17-. The van der Waals surface area contributed by atoms with E-state index < -0.39 is 20.0 Å². The van der Waals surface area contributed by atoms with Gasteiger partial charge in [-0.1, -0.05) is 115 Å². The van der Waals surface area contributed by atoms with Gasteiger partial charge in [-0.2, -0.15) is 0 Å². The first-order valence-corrected chi connectivity index (χ1v) is 19.1. The largest absolute Gasteiger partial charge is 0.756 e. The van der Waals surface area contributed by atoms with Crippen molar-refractivity contribution in [2.45, 2.75) is 154 Å². The molecule has 44 heavy (non-hydrogen) atoms. The molecule has 0 fully saturated rings. The Hall–Kier alpha value is -1.02. The lowest BCUT2D eigenvalue weighted by Crippen LogP contribution is -2.46.